The molecule has 222 valence electrons. The van der Waals surface area contributed by atoms with Crippen molar-refractivity contribution in [1.29, 1.82) is 5.26 Å². The largest absolute Gasteiger partial charge is 0.478 e. The molecule has 4 heterocycles. The summed E-state index contributed by atoms with van der Waals surface area (Å²) in [6, 6.07) is 21.1. The molecule has 3 atom stereocenters. The smallest absolute Gasteiger partial charge is 0.335 e. The molecule has 2 aromatic heterocycles. The van der Waals surface area contributed by atoms with E-state index in [2.05, 4.69) is 34.4 Å². The number of rotatable bonds is 11. The highest BCUT2D eigenvalue weighted by atomic mass is 16.5. The number of pyridine rings is 1. The van der Waals surface area contributed by atoms with Gasteiger partial charge in [-0.3, -0.25) is 4.90 Å². The van der Waals surface area contributed by atoms with Gasteiger partial charge in [0.1, 0.15) is 18.2 Å². The van der Waals surface area contributed by atoms with E-state index in [0.717, 1.165) is 60.7 Å². The summed E-state index contributed by atoms with van der Waals surface area (Å²) in [5.74, 6) is 1.39. The number of nitrogens with zero attached hydrogens (tertiary/aromatic N) is 6. The summed E-state index contributed by atoms with van der Waals surface area (Å²) in [4.78, 5) is 26.1. The van der Waals surface area contributed by atoms with E-state index in [-0.39, 0.29) is 11.7 Å². The average molecular weight is 581 g/mol. The summed E-state index contributed by atoms with van der Waals surface area (Å²) >= 11 is 0. The van der Waals surface area contributed by atoms with E-state index < -0.39 is 5.97 Å². The Morgan fingerprint density at radius 3 is 2.67 bits per heavy atom. The first-order chi connectivity index (χ1) is 20.9. The van der Waals surface area contributed by atoms with Crippen molar-refractivity contribution in [1.82, 2.24) is 19.4 Å². The van der Waals surface area contributed by atoms with Crippen LogP contribution in [0.15, 0.2) is 60.7 Å². The zero-order valence-electron chi connectivity index (χ0n) is 24.5. The monoisotopic (exact) mass is 580 g/mol. The van der Waals surface area contributed by atoms with Gasteiger partial charge in [-0.1, -0.05) is 18.2 Å². The number of carboxylic acids is 1. The molecule has 1 N–H and O–H groups in total. The molecule has 4 aromatic rings. The predicted molar refractivity (Wildman–Crippen MR) is 162 cm³/mol. The maximum Gasteiger partial charge on any atom is 0.335 e. The van der Waals surface area contributed by atoms with E-state index >= 15 is 0 Å². The molecule has 10 nitrogen and oxygen atoms in total. The Morgan fingerprint density at radius 2 is 1.95 bits per heavy atom. The quantitative estimate of drug-likeness (QED) is 0.265. The minimum absolute atomic E-state index is 0.125. The molecule has 10 heteroatoms. The molecule has 0 spiro atoms. The lowest BCUT2D eigenvalue weighted by molar-refractivity contribution is -0.0592. The topological polar surface area (TPSA) is 117 Å². The van der Waals surface area contributed by atoms with Crippen LogP contribution >= 0.6 is 0 Å². The molecule has 0 amide bonds. The number of fused-ring (bicyclic) bond motifs is 1. The molecule has 0 radical (unpaired) electrons. The number of carboxylic acid groups (broad SMARTS) is 1. The van der Waals surface area contributed by atoms with Crippen LogP contribution < -0.4 is 9.64 Å². The Labute approximate surface area is 251 Å². The molecule has 0 saturated carbocycles. The van der Waals surface area contributed by atoms with E-state index in [1.807, 2.05) is 30.3 Å². The van der Waals surface area contributed by atoms with Gasteiger partial charge in [-0.15, -0.1) is 0 Å². The molecule has 6 rings (SSSR count). The molecule has 2 saturated heterocycles. The Hall–Kier alpha value is -4.46. The minimum Gasteiger partial charge on any atom is -0.478 e. The zero-order valence-corrected chi connectivity index (χ0v) is 24.5. The minimum atomic E-state index is -0.940. The van der Waals surface area contributed by atoms with Crippen LogP contribution in [0.5, 0.6) is 5.88 Å². The Bertz CT molecular complexity index is 1640. The molecule has 2 aliphatic heterocycles. The van der Waals surface area contributed by atoms with Gasteiger partial charge in [-0.05, 0) is 68.1 Å². The Balaban J connectivity index is 1.16. The van der Waals surface area contributed by atoms with Gasteiger partial charge in [-0.25, -0.2) is 9.78 Å². The second-order valence-electron chi connectivity index (χ2n) is 11.5. The number of benzene rings is 2. The number of ether oxygens (including phenoxy) is 2. The number of aromatic nitrogens is 3. The van der Waals surface area contributed by atoms with E-state index in [0.29, 0.717) is 43.2 Å². The first-order valence-corrected chi connectivity index (χ1v) is 14.8. The number of imidazole rings is 1. The molecular weight excluding hydrogens is 544 g/mol. The van der Waals surface area contributed by atoms with Crippen molar-refractivity contribution in [3.63, 3.8) is 0 Å². The van der Waals surface area contributed by atoms with Gasteiger partial charge in [0.05, 0.1) is 47.4 Å². The molecule has 2 aliphatic rings. The van der Waals surface area contributed by atoms with Gasteiger partial charge in [0.15, 0.2) is 0 Å². The number of anilines is 1. The highest BCUT2D eigenvalue weighted by Gasteiger charge is 2.33. The molecule has 3 unspecified atom stereocenters. The molecule has 0 bridgehead atoms. The van der Waals surface area contributed by atoms with Crippen molar-refractivity contribution in [2.24, 2.45) is 0 Å². The summed E-state index contributed by atoms with van der Waals surface area (Å²) in [5.41, 5.74) is 3.51. The predicted octanol–water partition coefficient (Wildman–Crippen LogP) is 4.86. The van der Waals surface area contributed by atoms with Crippen molar-refractivity contribution in [3.8, 4) is 11.9 Å². The fraction of sp³-hybridized carbons (Fsp3) is 0.394. The third-order valence-corrected chi connectivity index (χ3v) is 8.58. The first kappa shape index (κ1) is 28.6. The van der Waals surface area contributed by atoms with Crippen LogP contribution in [0.25, 0.3) is 11.0 Å². The van der Waals surface area contributed by atoms with E-state index in [4.69, 9.17) is 24.7 Å². The SMILES string of the molecule is CC1CCC(CN(C)c2cccc(OCc3ccc(C#N)cc3)n2)N1Cc1nc2ccc(C(=O)O)cc2n1CC1CCO1. The first-order valence-electron chi connectivity index (χ1n) is 14.8. The number of hydrogen-bond acceptors (Lipinski definition) is 8. The maximum atomic E-state index is 11.7. The number of aromatic carboxylic acids is 1. The molecule has 0 aliphatic carbocycles. The van der Waals surface area contributed by atoms with Crippen LogP contribution in [-0.2, 0) is 24.4 Å². The van der Waals surface area contributed by atoms with Gasteiger partial charge in [-0.2, -0.15) is 10.2 Å². The lowest BCUT2D eigenvalue weighted by Crippen LogP contribution is -2.42. The number of likely N-dealkylation sites (tertiary alicyclic amines) is 1. The van der Waals surface area contributed by atoms with Crippen molar-refractivity contribution in [3.05, 3.63) is 83.2 Å². The fourth-order valence-electron chi connectivity index (χ4n) is 5.97. The van der Waals surface area contributed by atoms with Gasteiger partial charge in [0, 0.05) is 38.3 Å². The summed E-state index contributed by atoms with van der Waals surface area (Å²) < 4.78 is 13.9. The van der Waals surface area contributed by atoms with Crippen LogP contribution in [0.1, 0.15) is 53.5 Å². The van der Waals surface area contributed by atoms with E-state index in [1.54, 1.807) is 30.3 Å². The summed E-state index contributed by atoms with van der Waals surface area (Å²) in [6.07, 6.45) is 3.28. The standard InChI is InChI=1S/C33H36N6O4/c1-22-6-12-26(18-37(2)30-4-3-5-32(36-30)43-21-24-9-7-23(17-34)8-10-24)38(22)20-31-35-28-13-11-25(33(40)41)16-29(28)39(31)19-27-14-15-42-27/h3-5,7-11,13,16,22,26-27H,6,12,14-15,18-21H2,1-2H3,(H,40,41). The summed E-state index contributed by atoms with van der Waals surface area (Å²) in [7, 11) is 2.06. The van der Waals surface area contributed by atoms with Gasteiger partial charge in [0.25, 0.3) is 0 Å². The lowest BCUT2D eigenvalue weighted by atomic mass is 10.1. The van der Waals surface area contributed by atoms with Crippen LogP contribution in [0, 0.1) is 11.3 Å². The number of hydrogen-bond donors (Lipinski definition) is 1. The average Bonchev–Trinajstić information content (AvgIpc) is 3.52. The molecular formula is C33H36N6O4. The van der Waals surface area contributed by atoms with Crippen molar-refractivity contribution in [2.75, 3.05) is 25.1 Å². The van der Waals surface area contributed by atoms with Crippen molar-refractivity contribution < 1.29 is 19.4 Å². The highest BCUT2D eigenvalue weighted by Crippen LogP contribution is 2.30. The van der Waals surface area contributed by atoms with E-state index in [9.17, 15) is 9.90 Å². The van der Waals surface area contributed by atoms with Crippen molar-refractivity contribution >= 4 is 22.8 Å². The Morgan fingerprint density at radius 1 is 1.14 bits per heavy atom. The zero-order chi connectivity index (χ0) is 29.9. The molecule has 2 aromatic carbocycles. The third kappa shape index (κ3) is 6.33. The fourth-order valence-corrected chi connectivity index (χ4v) is 5.97. The number of nitriles is 1. The summed E-state index contributed by atoms with van der Waals surface area (Å²) in [5, 5.41) is 18.6. The van der Waals surface area contributed by atoms with Crippen LogP contribution in [-0.4, -0.2) is 68.9 Å². The van der Waals surface area contributed by atoms with Crippen LogP contribution in [0.3, 0.4) is 0 Å². The Kier molecular flexibility index (Phi) is 8.27. The van der Waals surface area contributed by atoms with Crippen LogP contribution in [0.2, 0.25) is 0 Å². The lowest BCUT2D eigenvalue weighted by Gasteiger charge is -2.32. The third-order valence-electron chi connectivity index (χ3n) is 8.58. The summed E-state index contributed by atoms with van der Waals surface area (Å²) in [6.45, 7) is 5.54. The van der Waals surface area contributed by atoms with Gasteiger partial charge < -0.3 is 24.0 Å². The van der Waals surface area contributed by atoms with Crippen LogP contribution in [0.4, 0.5) is 5.82 Å². The number of carbonyl (C=O) groups is 1. The second-order valence-corrected chi connectivity index (χ2v) is 11.5. The van der Waals surface area contributed by atoms with E-state index in [1.165, 1.54) is 0 Å². The molecule has 2 fully saturated rings. The molecule has 43 heavy (non-hydrogen) atoms. The van der Waals surface area contributed by atoms with Gasteiger partial charge >= 0.3 is 5.97 Å². The second kappa shape index (κ2) is 12.4. The van der Waals surface area contributed by atoms with Gasteiger partial charge in [0.2, 0.25) is 5.88 Å². The number of likely N-dealkylation sites (N-methyl/N-ethyl adjacent to an activating group) is 1. The van der Waals surface area contributed by atoms with Crippen molar-refractivity contribution in [2.45, 2.75) is 64.1 Å². The maximum absolute atomic E-state index is 11.7. The normalized spacial score (nSPS) is 20.1. The highest BCUT2D eigenvalue weighted by molar-refractivity contribution is 5.92.